The van der Waals surface area contributed by atoms with Gasteiger partial charge < -0.3 is 24.8 Å². The quantitative estimate of drug-likeness (QED) is 0.591. The number of aryl methyl sites for hydroxylation is 1. The van der Waals surface area contributed by atoms with Crippen LogP contribution in [0.2, 0.25) is 0 Å². The van der Waals surface area contributed by atoms with Gasteiger partial charge in [0.25, 0.3) is 0 Å². The van der Waals surface area contributed by atoms with Gasteiger partial charge >= 0.3 is 12.2 Å². The second-order valence-corrected chi connectivity index (χ2v) is 6.35. The smallest absolute Gasteiger partial charge is 0.382 e. The van der Waals surface area contributed by atoms with Gasteiger partial charge in [0.2, 0.25) is 5.91 Å². The van der Waals surface area contributed by atoms with E-state index in [0.29, 0.717) is 25.4 Å². The minimum Gasteiger partial charge on any atom is -0.382 e. The van der Waals surface area contributed by atoms with Crippen LogP contribution in [0.15, 0.2) is 34.9 Å². The molecule has 8 nitrogen and oxygen atoms in total. The van der Waals surface area contributed by atoms with Crippen molar-refractivity contribution >= 4 is 23.4 Å². The Hall–Kier alpha value is -3.08. The second kappa shape index (κ2) is 10.6. The average Bonchev–Trinajstić information content (AvgIpc) is 3.08. The number of ether oxygens (including phenoxy) is 1. The highest BCUT2D eigenvalue weighted by Gasteiger charge is 2.30. The Morgan fingerprint density at radius 2 is 2.00 bits per heavy atom. The standard InChI is InChI=1S/C19H23F3N4O4/c1-3-29-9-5-8-26(12-17(27)24-16-10-13(2)30-25-16)18(28)23-15-7-4-6-14(11-15)19(20,21)22/h4,6-7,10-11H,3,5,8-9,12H2,1-2H3,(H,23,28)(H,24,25,27). The number of carbonyl (C=O) groups is 2. The summed E-state index contributed by atoms with van der Waals surface area (Å²) in [6.07, 6.45) is -4.09. The molecular weight excluding hydrogens is 405 g/mol. The van der Waals surface area contributed by atoms with Crippen molar-refractivity contribution in [1.82, 2.24) is 10.1 Å². The van der Waals surface area contributed by atoms with Gasteiger partial charge in [-0.1, -0.05) is 11.2 Å². The summed E-state index contributed by atoms with van der Waals surface area (Å²) in [4.78, 5) is 26.1. The van der Waals surface area contributed by atoms with Gasteiger partial charge in [-0.3, -0.25) is 4.79 Å². The van der Waals surface area contributed by atoms with Crippen LogP contribution in [0.4, 0.5) is 29.5 Å². The molecule has 0 fully saturated rings. The number of alkyl halides is 3. The Morgan fingerprint density at radius 1 is 1.23 bits per heavy atom. The van der Waals surface area contributed by atoms with Crippen molar-refractivity contribution in [3.8, 4) is 0 Å². The van der Waals surface area contributed by atoms with Crippen molar-refractivity contribution in [1.29, 1.82) is 0 Å². The van der Waals surface area contributed by atoms with Gasteiger partial charge in [0.15, 0.2) is 5.82 Å². The van der Waals surface area contributed by atoms with Crippen LogP contribution in [0.3, 0.4) is 0 Å². The van der Waals surface area contributed by atoms with Crippen molar-refractivity contribution in [3.63, 3.8) is 0 Å². The molecule has 2 rings (SSSR count). The predicted octanol–water partition coefficient (Wildman–Crippen LogP) is 3.90. The van der Waals surface area contributed by atoms with Gasteiger partial charge in [0.1, 0.15) is 12.3 Å². The molecule has 3 amide bonds. The number of nitrogens with one attached hydrogen (secondary N) is 2. The molecule has 0 spiro atoms. The van der Waals surface area contributed by atoms with Crippen LogP contribution in [0, 0.1) is 6.92 Å². The molecule has 0 radical (unpaired) electrons. The van der Waals surface area contributed by atoms with Crippen molar-refractivity contribution in [2.45, 2.75) is 26.4 Å². The van der Waals surface area contributed by atoms with Crippen LogP contribution in [0.25, 0.3) is 0 Å². The number of rotatable bonds is 9. The zero-order valence-corrected chi connectivity index (χ0v) is 16.6. The molecule has 1 aromatic heterocycles. The number of halogens is 3. The highest BCUT2D eigenvalue weighted by atomic mass is 19.4. The number of amides is 3. The van der Waals surface area contributed by atoms with Crippen molar-refractivity contribution in [2.75, 3.05) is 36.9 Å². The molecule has 0 atom stereocenters. The Labute approximate surface area is 171 Å². The molecule has 0 saturated heterocycles. The molecule has 2 aromatic rings. The molecule has 0 aliphatic rings. The Kier molecular flexibility index (Phi) is 8.22. The first kappa shape index (κ1) is 23.2. The van der Waals surface area contributed by atoms with E-state index in [-0.39, 0.29) is 24.6 Å². The fourth-order valence-corrected chi connectivity index (χ4v) is 2.51. The van der Waals surface area contributed by atoms with Crippen molar-refractivity contribution in [3.05, 3.63) is 41.7 Å². The summed E-state index contributed by atoms with van der Waals surface area (Å²) < 4.78 is 48.7. The summed E-state index contributed by atoms with van der Waals surface area (Å²) >= 11 is 0. The lowest BCUT2D eigenvalue weighted by atomic mass is 10.2. The Morgan fingerprint density at radius 3 is 2.63 bits per heavy atom. The van der Waals surface area contributed by atoms with E-state index in [1.54, 1.807) is 6.92 Å². The number of carbonyl (C=O) groups excluding carboxylic acids is 2. The number of nitrogens with zero attached hydrogens (tertiary/aromatic N) is 2. The number of aromatic nitrogens is 1. The molecule has 0 aliphatic heterocycles. The molecule has 164 valence electrons. The number of hydrogen-bond acceptors (Lipinski definition) is 5. The SMILES string of the molecule is CCOCCCN(CC(=O)Nc1cc(C)on1)C(=O)Nc1cccc(C(F)(F)F)c1. The summed E-state index contributed by atoms with van der Waals surface area (Å²) in [6.45, 7) is 4.19. The lowest BCUT2D eigenvalue weighted by Crippen LogP contribution is -2.41. The highest BCUT2D eigenvalue weighted by Crippen LogP contribution is 2.30. The third kappa shape index (κ3) is 7.39. The zero-order chi connectivity index (χ0) is 22.1. The van der Waals surface area contributed by atoms with Crippen LogP contribution >= 0.6 is 0 Å². The lowest BCUT2D eigenvalue weighted by Gasteiger charge is -2.22. The molecule has 1 heterocycles. The average molecular weight is 428 g/mol. The van der Waals surface area contributed by atoms with Gasteiger partial charge in [-0.15, -0.1) is 0 Å². The van der Waals surface area contributed by atoms with Crippen LogP contribution < -0.4 is 10.6 Å². The molecule has 0 aliphatic carbocycles. The van der Waals surface area contributed by atoms with Gasteiger partial charge in [0, 0.05) is 31.5 Å². The third-order valence-corrected chi connectivity index (χ3v) is 3.88. The number of hydrogen-bond donors (Lipinski definition) is 2. The monoisotopic (exact) mass is 428 g/mol. The van der Waals surface area contributed by atoms with E-state index in [9.17, 15) is 22.8 Å². The largest absolute Gasteiger partial charge is 0.416 e. The van der Waals surface area contributed by atoms with Crippen LogP contribution in [0.5, 0.6) is 0 Å². The fourth-order valence-electron chi connectivity index (χ4n) is 2.51. The zero-order valence-electron chi connectivity index (χ0n) is 16.6. The number of anilines is 2. The maximum atomic E-state index is 12.9. The predicted molar refractivity (Wildman–Crippen MR) is 103 cm³/mol. The lowest BCUT2D eigenvalue weighted by molar-refractivity contribution is -0.137. The first-order valence-corrected chi connectivity index (χ1v) is 9.23. The third-order valence-electron chi connectivity index (χ3n) is 3.88. The van der Waals surface area contributed by atoms with Crippen LogP contribution in [-0.4, -0.2) is 48.3 Å². The molecule has 0 saturated carbocycles. The van der Waals surface area contributed by atoms with Crippen LogP contribution in [-0.2, 0) is 15.7 Å². The van der Waals surface area contributed by atoms with Crippen LogP contribution in [0.1, 0.15) is 24.7 Å². The summed E-state index contributed by atoms with van der Waals surface area (Å²) in [5.74, 6) is 0.171. The molecule has 0 bridgehead atoms. The minimum atomic E-state index is -4.53. The molecular formula is C19H23F3N4O4. The summed E-state index contributed by atoms with van der Waals surface area (Å²) in [7, 11) is 0. The first-order chi connectivity index (χ1) is 14.2. The van der Waals surface area contributed by atoms with Gasteiger partial charge in [-0.2, -0.15) is 13.2 Å². The molecule has 2 N–H and O–H groups in total. The minimum absolute atomic E-state index is 0.0304. The van der Waals surface area contributed by atoms with E-state index >= 15 is 0 Å². The van der Waals surface area contributed by atoms with E-state index in [1.807, 2.05) is 6.92 Å². The molecule has 1 aromatic carbocycles. The Bertz CT molecular complexity index is 854. The summed E-state index contributed by atoms with van der Waals surface area (Å²) in [5, 5.41) is 8.54. The van der Waals surface area contributed by atoms with Crippen molar-refractivity contribution in [2.24, 2.45) is 0 Å². The molecule has 30 heavy (non-hydrogen) atoms. The molecule has 11 heteroatoms. The van der Waals surface area contributed by atoms with E-state index in [0.717, 1.165) is 12.1 Å². The number of urea groups is 1. The van der Waals surface area contributed by atoms with E-state index < -0.39 is 23.7 Å². The summed E-state index contributed by atoms with van der Waals surface area (Å²) in [6, 6.07) is 5.07. The molecule has 0 unspecified atom stereocenters. The second-order valence-electron chi connectivity index (χ2n) is 6.35. The maximum absolute atomic E-state index is 12.9. The normalized spacial score (nSPS) is 11.2. The number of benzene rings is 1. The Balaban J connectivity index is 2.05. The van der Waals surface area contributed by atoms with Gasteiger partial charge in [0.05, 0.1) is 5.56 Å². The van der Waals surface area contributed by atoms with Gasteiger partial charge in [-0.25, -0.2) is 4.79 Å². The van der Waals surface area contributed by atoms with Crippen molar-refractivity contribution < 1.29 is 32.0 Å². The topological polar surface area (TPSA) is 96.7 Å². The van der Waals surface area contributed by atoms with Gasteiger partial charge in [-0.05, 0) is 38.5 Å². The maximum Gasteiger partial charge on any atom is 0.416 e. The first-order valence-electron chi connectivity index (χ1n) is 9.23. The fraction of sp³-hybridized carbons (Fsp3) is 0.421. The summed E-state index contributed by atoms with van der Waals surface area (Å²) in [5.41, 5.74) is -0.917. The van der Waals surface area contributed by atoms with E-state index in [2.05, 4.69) is 15.8 Å². The highest BCUT2D eigenvalue weighted by molar-refractivity contribution is 5.96. The van der Waals surface area contributed by atoms with E-state index in [1.165, 1.54) is 23.1 Å². The van der Waals surface area contributed by atoms with E-state index in [4.69, 9.17) is 9.26 Å².